The third-order valence-electron chi connectivity index (χ3n) is 3.81. The van der Waals surface area contributed by atoms with Crippen molar-refractivity contribution in [2.24, 2.45) is 5.10 Å². The van der Waals surface area contributed by atoms with E-state index in [9.17, 15) is 4.79 Å². The van der Waals surface area contributed by atoms with Gasteiger partial charge >= 0.3 is 0 Å². The zero-order valence-corrected chi connectivity index (χ0v) is 17.4. The van der Waals surface area contributed by atoms with Crippen molar-refractivity contribution < 1.29 is 9.53 Å². The summed E-state index contributed by atoms with van der Waals surface area (Å²) in [5.41, 5.74) is 4.84. The van der Waals surface area contributed by atoms with Crippen LogP contribution in [-0.4, -0.2) is 43.8 Å². The number of nitrogen functional groups attached to an aromatic ring is 1. The van der Waals surface area contributed by atoms with Crippen molar-refractivity contribution in [2.75, 3.05) is 28.9 Å². The topological polar surface area (TPSA) is 132 Å². The van der Waals surface area contributed by atoms with Crippen molar-refractivity contribution in [2.45, 2.75) is 19.0 Å². The molecule has 3 aromatic rings. The van der Waals surface area contributed by atoms with E-state index in [1.807, 2.05) is 32.0 Å². The molecule has 0 bridgehead atoms. The second-order valence-electron chi connectivity index (χ2n) is 5.99. The predicted octanol–water partition coefficient (Wildman–Crippen LogP) is 2.35. The minimum atomic E-state index is -0.189. The zero-order valence-electron chi connectivity index (χ0n) is 16.6. The molecular weight excluding hydrogens is 404 g/mol. The van der Waals surface area contributed by atoms with E-state index in [0.29, 0.717) is 23.2 Å². The van der Waals surface area contributed by atoms with Crippen LogP contribution in [0.2, 0.25) is 0 Å². The Hall–Kier alpha value is -3.60. The van der Waals surface area contributed by atoms with Gasteiger partial charge in [-0.25, -0.2) is 10.1 Å². The van der Waals surface area contributed by atoms with Crippen molar-refractivity contribution in [3.8, 4) is 5.75 Å². The van der Waals surface area contributed by atoms with Gasteiger partial charge in [0.25, 0.3) is 5.95 Å². The SMILES string of the molecule is CCOc1ccc(NC(=O)CSc2nnc(N/N=C(\C)c3ccccn3)n2N)cc1. The molecule has 0 aliphatic heterocycles. The summed E-state index contributed by atoms with van der Waals surface area (Å²) in [6, 6.07) is 12.7. The van der Waals surface area contributed by atoms with Gasteiger partial charge in [0.1, 0.15) is 5.75 Å². The Balaban J connectivity index is 1.52. The monoisotopic (exact) mass is 426 g/mol. The highest BCUT2D eigenvalue weighted by molar-refractivity contribution is 7.99. The highest BCUT2D eigenvalue weighted by atomic mass is 32.2. The van der Waals surface area contributed by atoms with E-state index in [4.69, 9.17) is 10.6 Å². The summed E-state index contributed by atoms with van der Waals surface area (Å²) in [5.74, 6) is 6.93. The average Bonchev–Trinajstić information content (AvgIpc) is 3.12. The molecule has 156 valence electrons. The fourth-order valence-corrected chi connectivity index (χ4v) is 3.00. The number of nitrogens with zero attached hydrogens (tertiary/aromatic N) is 5. The number of aromatic nitrogens is 4. The lowest BCUT2D eigenvalue weighted by atomic mass is 10.3. The molecule has 0 unspecified atom stereocenters. The van der Waals surface area contributed by atoms with E-state index >= 15 is 0 Å². The van der Waals surface area contributed by atoms with E-state index in [2.05, 4.69) is 31.0 Å². The summed E-state index contributed by atoms with van der Waals surface area (Å²) in [5, 5.41) is 15.3. The summed E-state index contributed by atoms with van der Waals surface area (Å²) in [4.78, 5) is 16.4. The quantitative estimate of drug-likeness (QED) is 0.206. The van der Waals surface area contributed by atoms with Crippen molar-refractivity contribution in [1.29, 1.82) is 0 Å². The van der Waals surface area contributed by atoms with Crippen LogP contribution >= 0.6 is 11.8 Å². The summed E-state index contributed by atoms with van der Waals surface area (Å²) in [6.07, 6.45) is 1.69. The van der Waals surface area contributed by atoms with Crippen molar-refractivity contribution >= 4 is 35.0 Å². The smallest absolute Gasteiger partial charge is 0.264 e. The fourth-order valence-electron chi connectivity index (χ4n) is 2.35. The number of carbonyl (C=O) groups is 1. The first-order valence-electron chi connectivity index (χ1n) is 9.14. The number of nitrogens with two attached hydrogens (primary N) is 1. The van der Waals surface area contributed by atoms with Crippen molar-refractivity contribution in [3.63, 3.8) is 0 Å². The van der Waals surface area contributed by atoms with Gasteiger partial charge in [-0.05, 0) is 50.2 Å². The summed E-state index contributed by atoms with van der Waals surface area (Å²) < 4.78 is 6.62. The molecule has 0 saturated heterocycles. The molecular formula is C19H22N8O2S. The van der Waals surface area contributed by atoms with E-state index in [1.54, 1.807) is 30.5 Å². The fraction of sp³-hybridized carbons (Fsp3) is 0.211. The first-order chi connectivity index (χ1) is 14.6. The molecule has 2 aromatic heterocycles. The number of nitrogens with one attached hydrogen (secondary N) is 2. The number of thioether (sulfide) groups is 1. The lowest BCUT2D eigenvalue weighted by molar-refractivity contribution is -0.113. The highest BCUT2D eigenvalue weighted by Crippen LogP contribution is 2.19. The Bertz CT molecular complexity index is 1010. The molecule has 0 radical (unpaired) electrons. The number of benzene rings is 1. The maximum absolute atomic E-state index is 12.2. The van der Waals surface area contributed by atoms with Gasteiger partial charge in [0.15, 0.2) is 0 Å². The zero-order chi connectivity index (χ0) is 21.3. The Morgan fingerprint density at radius 2 is 2.03 bits per heavy atom. The number of hydrogen-bond donors (Lipinski definition) is 3. The van der Waals surface area contributed by atoms with E-state index in [1.165, 1.54) is 4.68 Å². The van der Waals surface area contributed by atoms with Gasteiger partial charge in [-0.15, -0.1) is 10.2 Å². The van der Waals surface area contributed by atoms with Gasteiger partial charge in [0, 0.05) is 11.9 Å². The molecule has 2 heterocycles. The van der Waals surface area contributed by atoms with Gasteiger partial charge < -0.3 is 15.9 Å². The molecule has 4 N–H and O–H groups in total. The van der Waals surface area contributed by atoms with Crippen LogP contribution in [0.5, 0.6) is 5.75 Å². The largest absolute Gasteiger partial charge is 0.494 e. The minimum Gasteiger partial charge on any atom is -0.494 e. The van der Waals surface area contributed by atoms with Crippen LogP contribution in [0.25, 0.3) is 0 Å². The first-order valence-corrected chi connectivity index (χ1v) is 10.1. The second kappa shape index (κ2) is 10.3. The Morgan fingerprint density at radius 1 is 1.23 bits per heavy atom. The average molecular weight is 427 g/mol. The number of hydrogen-bond acceptors (Lipinski definition) is 9. The molecule has 0 aliphatic rings. The molecule has 3 rings (SSSR count). The van der Waals surface area contributed by atoms with E-state index in [0.717, 1.165) is 23.2 Å². The minimum absolute atomic E-state index is 0.124. The molecule has 11 heteroatoms. The number of hydrazone groups is 1. The first kappa shape index (κ1) is 21.1. The van der Waals surface area contributed by atoms with Crippen LogP contribution < -0.4 is 21.3 Å². The van der Waals surface area contributed by atoms with Gasteiger partial charge in [-0.1, -0.05) is 17.8 Å². The highest BCUT2D eigenvalue weighted by Gasteiger charge is 2.12. The lowest BCUT2D eigenvalue weighted by Crippen LogP contribution is -2.17. The molecule has 30 heavy (non-hydrogen) atoms. The Kier molecular flexibility index (Phi) is 7.22. The van der Waals surface area contributed by atoms with Crippen LogP contribution in [-0.2, 0) is 4.79 Å². The summed E-state index contributed by atoms with van der Waals surface area (Å²) in [6.45, 7) is 4.32. The molecule has 1 aromatic carbocycles. The molecule has 1 amide bonds. The Labute approximate surface area is 177 Å². The van der Waals surface area contributed by atoms with E-state index < -0.39 is 0 Å². The maximum atomic E-state index is 12.2. The lowest BCUT2D eigenvalue weighted by Gasteiger charge is -2.07. The molecule has 0 saturated carbocycles. The van der Waals surface area contributed by atoms with Gasteiger partial charge in [0.05, 0.1) is 23.8 Å². The van der Waals surface area contributed by atoms with Crippen LogP contribution in [0.1, 0.15) is 19.5 Å². The van der Waals surface area contributed by atoms with Gasteiger partial charge in [-0.2, -0.15) is 5.10 Å². The van der Waals surface area contributed by atoms with Gasteiger partial charge in [-0.3, -0.25) is 9.78 Å². The van der Waals surface area contributed by atoms with Crippen LogP contribution in [0.3, 0.4) is 0 Å². The molecule has 10 nitrogen and oxygen atoms in total. The van der Waals surface area contributed by atoms with Crippen molar-refractivity contribution in [3.05, 3.63) is 54.4 Å². The maximum Gasteiger partial charge on any atom is 0.264 e. The van der Waals surface area contributed by atoms with Crippen molar-refractivity contribution in [1.82, 2.24) is 19.9 Å². The molecule has 0 fully saturated rings. The predicted molar refractivity (Wildman–Crippen MR) is 117 cm³/mol. The molecule has 0 spiro atoms. The van der Waals surface area contributed by atoms with Crippen LogP contribution in [0.15, 0.2) is 58.9 Å². The normalized spacial score (nSPS) is 11.2. The Morgan fingerprint density at radius 3 is 2.73 bits per heavy atom. The molecule has 0 aliphatic carbocycles. The second-order valence-corrected chi connectivity index (χ2v) is 6.94. The summed E-state index contributed by atoms with van der Waals surface area (Å²) >= 11 is 1.16. The standard InChI is InChI=1S/C19H22N8O2S/c1-3-29-15-9-7-14(8-10-15)22-17(28)12-30-19-26-25-18(27(19)20)24-23-13(2)16-6-4-5-11-21-16/h4-11H,3,12,20H2,1-2H3,(H,22,28)(H,24,25)/b23-13+. The number of carbonyl (C=O) groups excluding carboxylic acids is 1. The third-order valence-corrected chi connectivity index (χ3v) is 4.75. The van der Waals surface area contributed by atoms with E-state index in [-0.39, 0.29) is 17.6 Å². The number of rotatable bonds is 9. The third kappa shape index (κ3) is 5.70. The number of pyridine rings is 1. The number of ether oxygens (including phenoxy) is 1. The molecule has 0 atom stereocenters. The van der Waals surface area contributed by atoms with Crippen LogP contribution in [0.4, 0.5) is 11.6 Å². The number of amides is 1. The van der Waals surface area contributed by atoms with Gasteiger partial charge in [0.2, 0.25) is 11.1 Å². The van der Waals surface area contributed by atoms with Crippen LogP contribution in [0, 0.1) is 0 Å². The number of anilines is 2. The summed E-state index contributed by atoms with van der Waals surface area (Å²) in [7, 11) is 0.